The molecule has 1 atom stereocenters. The normalized spacial score (nSPS) is 17.5. The first-order chi connectivity index (χ1) is 10.0. The molecule has 21 heavy (non-hydrogen) atoms. The van der Waals surface area contributed by atoms with Gasteiger partial charge in [-0.3, -0.25) is 9.59 Å². The highest BCUT2D eigenvalue weighted by Crippen LogP contribution is 2.27. The molecule has 0 spiro atoms. The molecule has 1 unspecified atom stereocenters. The second-order valence-electron chi connectivity index (χ2n) is 5.11. The average molecular weight is 311 g/mol. The Morgan fingerprint density at radius 1 is 1.52 bits per heavy atom. The van der Waals surface area contributed by atoms with E-state index in [1.807, 2.05) is 19.1 Å². The van der Waals surface area contributed by atoms with Gasteiger partial charge in [-0.05, 0) is 43.0 Å². The van der Waals surface area contributed by atoms with Crippen LogP contribution in [0.5, 0.6) is 5.75 Å². The van der Waals surface area contributed by atoms with Gasteiger partial charge in [0.1, 0.15) is 11.8 Å². The molecule has 1 saturated heterocycles. The maximum Gasteiger partial charge on any atom is 0.242 e. The molecule has 0 saturated carbocycles. The van der Waals surface area contributed by atoms with E-state index in [0.717, 1.165) is 16.9 Å². The van der Waals surface area contributed by atoms with Crippen LogP contribution >= 0.6 is 11.6 Å². The van der Waals surface area contributed by atoms with Crippen molar-refractivity contribution >= 4 is 23.4 Å². The lowest BCUT2D eigenvalue weighted by atomic mass is 10.1. The number of hydrogen-bond acceptors (Lipinski definition) is 3. The van der Waals surface area contributed by atoms with Crippen molar-refractivity contribution in [3.8, 4) is 5.75 Å². The highest BCUT2D eigenvalue weighted by molar-refractivity contribution is 6.30. The third-order valence-electron chi connectivity index (χ3n) is 3.53. The van der Waals surface area contributed by atoms with Gasteiger partial charge in [-0.25, -0.2) is 0 Å². The molecular formula is C15H19ClN2O3. The summed E-state index contributed by atoms with van der Waals surface area (Å²) in [6.07, 6.45) is 1.60. The van der Waals surface area contributed by atoms with Crippen molar-refractivity contribution in [1.29, 1.82) is 0 Å². The summed E-state index contributed by atoms with van der Waals surface area (Å²) < 4.78 is 5.37. The van der Waals surface area contributed by atoms with Crippen LogP contribution in [0.4, 0.5) is 0 Å². The number of amides is 2. The number of aryl methyl sites for hydroxylation is 1. The number of carbonyl (C=O) groups is 2. The molecule has 0 bridgehead atoms. The first kappa shape index (κ1) is 15.6. The Kier molecular flexibility index (Phi) is 5.07. The zero-order valence-electron chi connectivity index (χ0n) is 12.2. The summed E-state index contributed by atoms with van der Waals surface area (Å²) in [5, 5.41) is 6.13. The molecule has 2 rings (SSSR count). The number of methoxy groups -OCH3 is 1. The lowest BCUT2D eigenvalue weighted by Crippen LogP contribution is -2.42. The number of halogens is 1. The molecule has 1 aliphatic heterocycles. The van der Waals surface area contributed by atoms with E-state index in [1.54, 1.807) is 7.11 Å². The molecule has 1 fully saturated rings. The van der Waals surface area contributed by atoms with E-state index >= 15 is 0 Å². The second-order valence-corrected chi connectivity index (χ2v) is 5.55. The van der Waals surface area contributed by atoms with E-state index in [0.29, 0.717) is 30.8 Å². The molecule has 1 aromatic rings. The van der Waals surface area contributed by atoms with E-state index in [2.05, 4.69) is 10.6 Å². The largest absolute Gasteiger partial charge is 0.496 e. The lowest BCUT2D eigenvalue weighted by molar-refractivity contribution is -0.125. The molecular weight excluding hydrogens is 292 g/mol. The molecule has 1 heterocycles. The summed E-state index contributed by atoms with van der Waals surface area (Å²) >= 11 is 6.05. The Morgan fingerprint density at radius 2 is 2.29 bits per heavy atom. The van der Waals surface area contributed by atoms with Gasteiger partial charge in [-0.1, -0.05) is 11.6 Å². The van der Waals surface area contributed by atoms with Crippen LogP contribution in [-0.2, 0) is 16.0 Å². The van der Waals surface area contributed by atoms with Crippen molar-refractivity contribution in [3.05, 3.63) is 28.3 Å². The zero-order chi connectivity index (χ0) is 15.4. The van der Waals surface area contributed by atoms with Crippen molar-refractivity contribution in [2.45, 2.75) is 32.2 Å². The van der Waals surface area contributed by atoms with E-state index in [4.69, 9.17) is 16.3 Å². The predicted molar refractivity (Wildman–Crippen MR) is 80.6 cm³/mol. The van der Waals surface area contributed by atoms with Crippen molar-refractivity contribution in [1.82, 2.24) is 10.6 Å². The quantitative estimate of drug-likeness (QED) is 0.868. The third-order valence-corrected chi connectivity index (χ3v) is 3.74. The summed E-state index contributed by atoms with van der Waals surface area (Å²) in [7, 11) is 1.62. The average Bonchev–Trinajstić information content (AvgIpc) is 2.85. The van der Waals surface area contributed by atoms with Gasteiger partial charge in [0.25, 0.3) is 0 Å². The van der Waals surface area contributed by atoms with E-state index < -0.39 is 6.04 Å². The second kappa shape index (κ2) is 6.80. The van der Waals surface area contributed by atoms with E-state index in [9.17, 15) is 9.59 Å². The van der Waals surface area contributed by atoms with Gasteiger partial charge in [-0.2, -0.15) is 0 Å². The van der Waals surface area contributed by atoms with Crippen LogP contribution in [0.25, 0.3) is 0 Å². The van der Waals surface area contributed by atoms with Crippen molar-refractivity contribution in [3.63, 3.8) is 0 Å². The van der Waals surface area contributed by atoms with E-state index in [1.165, 1.54) is 0 Å². The minimum absolute atomic E-state index is 0.0673. The number of benzene rings is 1. The fraction of sp³-hybridized carbons (Fsp3) is 0.467. The predicted octanol–water partition coefficient (Wildman–Crippen LogP) is 1.59. The summed E-state index contributed by atoms with van der Waals surface area (Å²) in [5.74, 6) is 0.587. The highest BCUT2D eigenvalue weighted by Gasteiger charge is 2.26. The number of nitrogens with one attached hydrogen (secondary N) is 2. The minimum atomic E-state index is -0.402. The maximum atomic E-state index is 11.9. The van der Waals surface area contributed by atoms with Crippen LogP contribution in [0.1, 0.15) is 24.0 Å². The molecule has 1 aliphatic rings. The standard InChI is InChI=1S/C15H19ClN2O3/c1-9-7-11(16)8-10(14(9)21-2)5-6-17-15(20)12-3-4-13(19)18-12/h7-8,12H,3-6H2,1-2H3,(H,17,20)(H,18,19). The SMILES string of the molecule is COc1c(C)cc(Cl)cc1CCNC(=O)C1CCC(=O)N1. The molecule has 5 nitrogen and oxygen atoms in total. The van der Waals surface area contributed by atoms with Gasteiger partial charge in [0.05, 0.1) is 7.11 Å². The molecule has 0 radical (unpaired) electrons. The van der Waals surface area contributed by atoms with Crippen LogP contribution in [-0.4, -0.2) is 31.5 Å². The summed E-state index contributed by atoms with van der Waals surface area (Å²) in [6.45, 7) is 2.40. The van der Waals surface area contributed by atoms with Crippen LogP contribution in [0.2, 0.25) is 5.02 Å². The maximum absolute atomic E-state index is 11.9. The molecule has 0 aromatic heterocycles. The van der Waals surface area contributed by atoms with Crippen LogP contribution in [0.3, 0.4) is 0 Å². The Hall–Kier alpha value is -1.75. The van der Waals surface area contributed by atoms with Crippen LogP contribution < -0.4 is 15.4 Å². The topological polar surface area (TPSA) is 67.4 Å². The molecule has 1 aromatic carbocycles. The minimum Gasteiger partial charge on any atom is -0.496 e. The van der Waals surface area contributed by atoms with Crippen molar-refractivity contribution in [2.24, 2.45) is 0 Å². The third kappa shape index (κ3) is 3.88. The van der Waals surface area contributed by atoms with Gasteiger partial charge in [0.15, 0.2) is 0 Å². The molecule has 2 N–H and O–H groups in total. The number of hydrogen-bond donors (Lipinski definition) is 2. The first-order valence-electron chi connectivity index (χ1n) is 6.91. The van der Waals surface area contributed by atoms with Crippen LogP contribution in [0.15, 0.2) is 12.1 Å². The zero-order valence-corrected chi connectivity index (χ0v) is 12.9. The van der Waals surface area contributed by atoms with Gasteiger partial charge in [0.2, 0.25) is 11.8 Å². The Labute approximate surface area is 129 Å². The Morgan fingerprint density at radius 3 is 2.90 bits per heavy atom. The number of ether oxygens (including phenoxy) is 1. The van der Waals surface area contributed by atoms with Crippen LogP contribution in [0, 0.1) is 6.92 Å². The monoisotopic (exact) mass is 310 g/mol. The first-order valence-corrected chi connectivity index (χ1v) is 7.29. The summed E-state index contributed by atoms with van der Waals surface area (Å²) in [4.78, 5) is 23.0. The van der Waals surface area contributed by atoms with Gasteiger partial charge < -0.3 is 15.4 Å². The lowest BCUT2D eigenvalue weighted by Gasteiger charge is -2.14. The molecule has 2 amide bonds. The summed E-state index contributed by atoms with van der Waals surface area (Å²) in [5.41, 5.74) is 1.92. The van der Waals surface area contributed by atoms with Crippen molar-refractivity contribution < 1.29 is 14.3 Å². The highest BCUT2D eigenvalue weighted by atomic mass is 35.5. The van der Waals surface area contributed by atoms with Gasteiger partial charge >= 0.3 is 0 Å². The summed E-state index contributed by atoms with van der Waals surface area (Å²) in [6, 6.07) is 3.29. The Bertz CT molecular complexity index is 560. The molecule has 0 aliphatic carbocycles. The smallest absolute Gasteiger partial charge is 0.242 e. The van der Waals surface area contributed by atoms with Gasteiger partial charge in [-0.15, -0.1) is 0 Å². The Balaban J connectivity index is 1.91. The molecule has 6 heteroatoms. The fourth-order valence-electron chi connectivity index (χ4n) is 2.53. The van der Waals surface area contributed by atoms with E-state index in [-0.39, 0.29) is 11.8 Å². The van der Waals surface area contributed by atoms with Gasteiger partial charge in [0, 0.05) is 18.0 Å². The number of carbonyl (C=O) groups excluding carboxylic acids is 2. The fourth-order valence-corrected chi connectivity index (χ4v) is 2.83. The molecule has 114 valence electrons. The van der Waals surface area contributed by atoms with Crippen molar-refractivity contribution in [2.75, 3.05) is 13.7 Å². The number of rotatable bonds is 5.